The first-order valence-corrected chi connectivity index (χ1v) is 7.05. The lowest BCUT2D eigenvalue weighted by Gasteiger charge is -2.38. The number of halogens is 1. The number of likely N-dealkylation sites (tertiary alicyclic amines) is 1. The van der Waals surface area contributed by atoms with Crippen molar-refractivity contribution < 1.29 is 4.79 Å². The number of hydrogen-bond donors (Lipinski definition) is 1. The molecule has 94 valence electrons. The molecule has 2 aromatic heterocycles. The molecule has 1 N–H and O–H groups in total. The Kier molecular flexibility index (Phi) is 3.04. The van der Waals surface area contributed by atoms with Gasteiger partial charge in [-0.15, -0.1) is 11.3 Å². The van der Waals surface area contributed by atoms with Gasteiger partial charge >= 0.3 is 6.03 Å². The number of amides is 2. The smallest absolute Gasteiger partial charge is 0.320 e. The van der Waals surface area contributed by atoms with Crippen LogP contribution in [0.15, 0.2) is 28.4 Å². The highest BCUT2D eigenvalue weighted by molar-refractivity contribution is 9.10. The Morgan fingerprint density at radius 1 is 1.56 bits per heavy atom. The van der Waals surface area contributed by atoms with Crippen molar-refractivity contribution in [3.05, 3.63) is 28.4 Å². The predicted molar refractivity (Wildman–Crippen MR) is 71.7 cm³/mol. The summed E-state index contributed by atoms with van der Waals surface area (Å²) in [6.45, 7) is 1.34. The minimum atomic E-state index is -0.104. The van der Waals surface area contributed by atoms with Crippen LogP contribution in [0.4, 0.5) is 9.93 Å². The second-order valence-electron chi connectivity index (χ2n) is 3.96. The fraction of sp³-hybridized carbons (Fsp3) is 0.300. The maximum absolute atomic E-state index is 11.8. The molecule has 2 aromatic rings. The molecule has 1 saturated heterocycles. The molecular weight excluding hydrogens is 318 g/mol. The normalized spacial score (nSPS) is 15.5. The minimum absolute atomic E-state index is 0.104. The van der Waals surface area contributed by atoms with Crippen molar-refractivity contribution >= 4 is 38.4 Å². The number of carbonyl (C=O) groups excluding carboxylic acids is 1. The van der Waals surface area contributed by atoms with E-state index < -0.39 is 0 Å². The Hall–Kier alpha value is -1.41. The summed E-state index contributed by atoms with van der Waals surface area (Å²) in [5.41, 5.74) is 0. The van der Waals surface area contributed by atoms with E-state index in [0.29, 0.717) is 18.2 Å². The van der Waals surface area contributed by atoms with Gasteiger partial charge in [0.25, 0.3) is 0 Å². The molecule has 3 heterocycles. The molecule has 0 aliphatic carbocycles. The molecule has 18 heavy (non-hydrogen) atoms. The van der Waals surface area contributed by atoms with Crippen molar-refractivity contribution in [1.29, 1.82) is 0 Å². The molecule has 1 fully saturated rings. The van der Waals surface area contributed by atoms with E-state index in [4.69, 9.17) is 0 Å². The fourth-order valence-electron chi connectivity index (χ4n) is 1.76. The number of aromatic nitrogens is 3. The van der Waals surface area contributed by atoms with E-state index in [2.05, 4.69) is 31.3 Å². The first kappa shape index (κ1) is 11.7. The molecule has 6 nitrogen and oxygen atoms in total. The van der Waals surface area contributed by atoms with Crippen LogP contribution in [-0.2, 0) is 0 Å². The molecule has 2 amide bonds. The zero-order valence-corrected chi connectivity index (χ0v) is 11.7. The number of anilines is 1. The topological polar surface area (TPSA) is 63.1 Å². The Labute approximate surface area is 116 Å². The van der Waals surface area contributed by atoms with Crippen LogP contribution in [0.25, 0.3) is 0 Å². The maximum atomic E-state index is 11.8. The Morgan fingerprint density at radius 3 is 3.00 bits per heavy atom. The average Bonchev–Trinajstić information content (AvgIpc) is 2.88. The minimum Gasteiger partial charge on any atom is -0.320 e. The molecule has 0 unspecified atom stereocenters. The molecule has 1 aliphatic heterocycles. The Morgan fingerprint density at radius 2 is 2.39 bits per heavy atom. The van der Waals surface area contributed by atoms with Gasteiger partial charge in [-0.25, -0.2) is 9.78 Å². The van der Waals surface area contributed by atoms with Crippen molar-refractivity contribution in [3.8, 4) is 0 Å². The number of rotatable bonds is 2. The van der Waals surface area contributed by atoms with Gasteiger partial charge in [-0.3, -0.25) is 10.00 Å². The summed E-state index contributed by atoms with van der Waals surface area (Å²) in [6, 6.07) is 0.158. The third-order valence-electron chi connectivity index (χ3n) is 2.74. The van der Waals surface area contributed by atoms with E-state index in [1.165, 1.54) is 11.3 Å². The second-order valence-corrected chi connectivity index (χ2v) is 5.78. The van der Waals surface area contributed by atoms with Crippen molar-refractivity contribution in [2.45, 2.75) is 6.04 Å². The molecule has 0 bridgehead atoms. The van der Waals surface area contributed by atoms with Gasteiger partial charge in [0, 0.05) is 30.9 Å². The van der Waals surface area contributed by atoms with Crippen molar-refractivity contribution in [2.75, 3.05) is 18.4 Å². The monoisotopic (exact) mass is 327 g/mol. The Balaban J connectivity index is 1.54. The van der Waals surface area contributed by atoms with Crippen LogP contribution in [-0.4, -0.2) is 38.8 Å². The molecule has 3 rings (SSSR count). The van der Waals surface area contributed by atoms with E-state index in [1.807, 2.05) is 16.3 Å². The van der Waals surface area contributed by atoms with Crippen molar-refractivity contribution in [3.63, 3.8) is 0 Å². The van der Waals surface area contributed by atoms with Gasteiger partial charge in [-0.1, -0.05) is 0 Å². The molecule has 0 radical (unpaired) electrons. The predicted octanol–water partition coefficient (Wildman–Crippen LogP) is 2.19. The van der Waals surface area contributed by atoms with Crippen LogP contribution in [0.1, 0.15) is 6.04 Å². The van der Waals surface area contributed by atoms with Gasteiger partial charge in [0.2, 0.25) is 0 Å². The number of carbonyl (C=O) groups is 1. The quantitative estimate of drug-likeness (QED) is 0.919. The summed E-state index contributed by atoms with van der Waals surface area (Å²) >= 11 is 4.76. The van der Waals surface area contributed by atoms with Crippen LogP contribution in [0.3, 0.4) is 0 Å². The molecule has 0 aromatic carbocycles. The standard InChI is InChI=1S/C10H10BrN5OS/c11-7-3-13-16(4-7)8-5-15(6-8)10(17)14-9-12-1-2-18-9/h1-4,8H,5-6H2,(H,12,14,17). The zero-order chi connectivity index (χ0) is 12.5. The number of urea groups is 1. The first-order valence-electron chi connectivity index (χ1n) is 5.37. The third-order valence-corrected chi connectivity index (χ3v) is 3.84. The van der Waals surface area contributed by atoms with Gasteiger partial charge < -0.3 is 4.90 Å². The lowest BCUT2D eigenvalue weighted by Crippen LogP contribution is -2.52. The highest BCUT2D eigenvalue weighted by Gasteiger charge is 2.32. The molecule has 8 heteroatoms. The largest absolute Gasteiger partial charge is 0.323 e. The summed E-state index contributed by atoms with van der Waals surface area (Å²) in [4.78, 5) is 17.6. The molecule has 0 atom stereocenters. The second kappa shape index (κ2) is 4.69. The third kappa shape index (κ3) is 2.25. The highest BCUT2D eigenvalue weighted by atomic mass is 79.9. The first-order chi connectivity index (χ1) is 8.72. The van der Waals surface area contributed by atoms with E-state index in [-0.39, 0.29) is 12.1 Å². The number of nitrogens with one attached hydrogen (secondary N) is 1. The zero-order valence-electron chi connectivity index (χ0n) is 9.28. The number of nitrogens with zero attached hydrogens (tertiary/aromatic N) is 4. The average molecular weight is 328 g/mol. The van der Waals surface area contributed by atoms with Crippen LogP contribution < -0.4 is 5.32 Å². The van der Waals surface area contributed by atoms with Crippen LogP contribution in [0.5, 0.6) is 0 Å². The lowest BCUT2D eigenvalue weighted by molar-refractivity contribution is 0.128. The van der Waals surface area contributed by atoms with Gasteiger partial charge in [0.1, 0.15) is 0 Å². The van der Waals surface area contributed by atoms with E-state index in [1.54, 1.807) is 17.3 Å². The summed E-state index contributed by atoms with van der Waals surface area (Å²) < 4.78 is 2.82. The summed E-state index contributed by atoms with van der Waals surface area (Å²) in [5.74, 6) is 0. The molecule has 0 spiro atoms. The highest BCUT2D eigenvalue weighted by Crippen LogP contribution is 2.23. The summed E-state index contributed by atoms with van der Waals surface area (Å²) in [7, 11) is 0. The molecular formula is C10H10BrN5OS. The summed E-state index contributed by atoms with van der Waals surface area (Å²) in [6.07, 6.45) is 5.33. The summed E-state index contributed by atoms with van der Waals surface area (Å²) in [5, 5.41) is 9.42. The van der Waals surface area contributed by atoms with Gasteiger partial charge in [-0.05, 0) is 15.9 Å². The fourth-order valence-corrected chi connectivity index (χ4v) is 2.58. The van der Waals surface area contributed by atoms with E-state index in [0.717, 1.165) is 4.47 Å². The van der Waals surface area contributed by atoms with E-state index >= 15 is 0 Å². The van der Waals surface area contributed by atoms with Crippen LogP contribution >= 0.6 is 27.3 Å². The van der Waals surface area contributed by atoms with Gasteiger partial charge in [0.15, 0.2) is 5.13 Å². The number of hydrogen-bond acceptors (Lipinski definition) is 4. The van der Waals surface area contributed by atoms with Crippen LogP contribution in [0, 0.1) is 0 Å². The maximum Gasteiger partial charge on any atom is 0.323 e. The van der Waals surface area contributed by atoms with Crippen molar-refractivity contribution in [1.82, 2.24) is 19.7 Å². The Bertz CT molecular complexity index is 548. The lowest BCUT2D eigenvalue weighted by atomic mass is 10.1. The van der Waals surface area contributed by atoms with Crippen molar-refractivity contribution in [2.24, 2.45) is 0 Å². The van der Waals surface area contributed by atoms with Gasteiger partial charge in [-0.2, -0.15) is 5.10 Å². The SMILES string of the molecule is O=C(Nc1nccs1)N1CC(n2cc(Br)cn2)C1. The molecule has 0 saturated carbocycles. The number of thiazole rings is 1. The van der Waals surface area contributed by atoms with Crippen LogP contribution in [0.2, 0.25) is 0 Å². The van der Waals surface area contributed by atoms with Gasteiger partial charge in [0.05, 0.1) is 16.7 Å². The molecule has 1 aliphatic rings. The van der Waals surface area contributed by atoms with E-state index in [9.17, 15) is 4.79 Å².